The monoisotopic (exact) mass is 233 g/mol. The van der Waals surface area contributed by atoms with Gasteiger partial charge in [0, 0.05) is 18.5 Å². The van der Waals surface area contributed by atoms with Gasteiger partial charge in [-0.3, -0.25) is 9.59 Å². The van der Waals surface area contributed by atoms with Gasteiger partial charge in [-0.1, -0.05) is 0 Å². The summed E-state index contributed by atoms with van der Waals surface area (Å²) in [5.41, 5.74) is 0.616. The Bertz CT molecular complexity index is 425. The predicted octanol–water partition coefficient (Wildman–Crippen LogP) is 1.50. The highest BCUT2D eigenvalue weighted by Crippen LogP contribution is 2.14. The fourth-order valence-electron chi connectivity index (χ4n) is 1.91. The highest BCUT2D eigenvalue weighted by atomic mass is 16.5. The van der Waals surface area contributed by atoms with Crippen LogP contribution in [-0.4, -0.2) is 36.8 Å². The highest BCUT2D eigenvalue weighted by Gasteiger charge is 2.22. The number of rotatable bonds is 4. The van der Waals surface area contributed by atoms with Gasteiger partial charge in [0.1, 0.15) is 5.75 Å². The van der Waals surface area contributed by atoms with Gasteiger partial charge in [-0.15, -0.1) is 0 Å². The number of hydrogen-bond acceptors (Lipinski definition) is 3. The Morgan fingerprint density at radius 2 is 2.06 bits per heavy atom. The number of methoxy groups -OCH3 is 1. The van der Waals surface area contributed by atoms with E-state index in [1.807, 2.05) is 0 Å². The zero-order valence-electron chi connectivity index (χ0n) is 9.81. The maximum absolute atomic E-state index is 11.9. The number of nitrogens with zero attached hydrogens (tertiary/aromatic N) is 1. The maximum Gasteiger partial charge on any atom is 0.223 e. The molecule has 0 saturated carbocycles. The third kappa shape index (κ3) is 2.64. The third-order valence-electron chi connectivity index (χ3n) is 2.92. The Morgan fingerprint density at radius 3 is 2.59 bits per heavy atom. The van der Waals surface area contributed by atoms with Crippen LogP contribution in [0.1, 0.15) is 23.2 Å². The lowest BCUT2D eigenvalue weighted by atomic mass is 10.1. The first-order chi connectivity index (χ1) is 8.20. The summed E-state index contributed by atoms with van der Waals surface area (Å²) in [6.07, 6.45) is 1.42. The minimum Gasteiger partial charge on any atom is -0.497 e. The number of ether oxygens (including phenoxy) is 1. The van der Waals surface area contributed by atoms with Gasteiger partial charge in [-0.05, 0) is 30.7 Å². The summed E-state index contributed by atoms with van der Waals surface area (Å²) in [6.45, 7) is 0.881. The molecule has 0 N–H and O–H groups in total. The zero-order chi connectivity index (χ0) is 12.3. The van der Waals surface area contributed by atoms with E-state index >= 15 is 0 Å². The lowest BCUT2D eigenvalue weighted by molar-refractivity contribution is -0.127. The number of carbonyl (C=O) groups excluding carboxylic acids is 2. The zero-order valence-corrected chi connectivity index (χ0v) is 9.81. The Balaban J connectivity index is 2.01. The molecule has 0 spiro atoms. The van der Waals surface area contributed by atoms with Crippen molar-refractivity contribution in [2.45, 2.75) is 12.8 Å². The number of carbonyl (C=O) groups is 2. The van der Waals surface area contributed by atoms with Crippen molar-refractivity contribution in [2.75, 3.05) is 20.2 Å². The SMILES string of the molecule is COc1ccc(C(=O)CN2CCCC2=O)cc1. The van der Waals surface area contributed by atoms with E-state index in [1.54, 1.807) is 36.3 Å². The topological polar surface area (TPSA) is 46.6 Å². The first-order valence-corrected chi connectivity index (χ1v) is 5.66. The van der Waals surface area contributed by atoms with Gasteiger partial charge in [0.05, 0.1) is 13.7 Å². The van der Waals surface area contributed by atoms with E-state index in [4.69, 9.17) is 4.74 Å². The number of ketones is 1. The number of hydrogen-bond donors (Lipinski definition) is 0. The molecule has 0 aromatic heterocycles. The Kier molecular flexibility index (Phi) is 3.42. The second-order valence-corrected chi connectivity index (χ2v) is 4.07. The van der Waals surface area contributed by atoms with Crippen LogP contribution < -0.4 is 4.74 Å². The summed E-state index contributed by atoms with van der Waals surface area (Å²) in [4.78, 5) is 24.9. The largest absolute Gasteiger partial charge is 0.497 e. The third-order valence-corrected chi connectivity index (χ3v) is 2.92. The Labute approximate surface area is 100 Å². The van der Waals surface area contributed by atoms with Gasteiger partial charge in [0.25, 0.3) is 0 Å². The van der Waals surface area contributed by atoms with Crippen LogP contribution in [0.4, 0.5) is 0 Å². The molecule has 4 heteroatoms. The van der Waals surface area contributed by atoms with E-state index in [9.17, 15) is 9.59 Å². The van der Waals surface area contributed by atoms with Gasteiger partial charge in [0.15, 0.2) is 5.78 Å². The fraction of sp³-hybridized carbons (Fsp3) is 0.385. The summed E-state index contributed by atoms with van der Waals surface area (Å²) in [5, 5.41) is 0. The molecule has 2 rings (SSSR count). The molecule has 1 amide bonds. The number of Topliss-reactive ketones (excluding diaryl/α,β-unsaturated/α-hetero) is 1. The summed E-state index contributed by atoms with van der Waals surface area (Å²) in [7, 11) is 1.58. The van der Waals surface area contributed by atoms with Crippen molar-refractivity contribution in [2.24, 2.45) is 0 Å². The molecule has 0 radical (unpaired) electrons. The average Bonchev–Trinajstić information content (AvgIpc) is 2.75. The van der Waals surface area contributed by atoms with Gasteiger partial charge in [-0.2, -0.15) is 0 Å². The van der Waals surface area contributed by atoms with E-state index in [2.05, 4.69) is 0 Å². The van der Waals surface area contributed by atoms with Gasteiger partial charge in [-0.25, -0.2) is 0 Å². The highest BCUT2D eigenvalue weighted by molar-refractivity contribution is 5.99. The molecular formula is C13H15NO3. The Morgan fingerprint density at radius 1 is 1.35 bits per heavy atom. The molecular weight excluding hydrogens is 218 g/mol. The summed E-state index contributed by atoms with van der Waals surface area (Å²) >= 11 is 0. The van der Waals surface area contributed by atoms with E-state index in [-0.39, 0.29) is 18.2 Å². The number of likely N-dealkylation sites (tertiary alicyclic amines) is 1. The second kappa shape index (κ2) is 4.99. The lowest BCUT2D eigenvalue weighted by Crippen LogP contribution is -2.30. The molecule has 1 aliphatic heterocycles. The predicted molar refractivity (Wildman–Crippen MR) is 63.1 cm³/mol. The Hall–Kier alpha value is -1.84. The summed E-state index contributed by atoms with van der Waals surface area (Å²) < 4.78 is 5.02. The van der Waals surface area contributed by atoms with Crippen LogP contribution in [0.15, 0.2) is 24.3 Å². The van der Waals surface area contributed by atoms with Crippen molar-refractivity contribution < 1.29 is 14.3 Å². The molecule has 90 valence electrons. The van der Waals surface area contributed by atoms with Crippen LogP contribution in [0.3, 0.4) is 0 Å². The summed E-state index contributed by atoms with van der Waals surface area (Å²) in [6, 6.07) is 6.95. The summed E-state index contributed by atoms with van der Waals surface area (Å²) in [5.74, 6) is 0.772. The maximum atomic E-state index is 11.9. The quantitative estimate of drug-likeness (QED) is 0.740. The van der Waals surface area contributed by atoms with E-state index in [1.165, 1.54) is 0 Å². The molecule has 1 aliphatic rings. The van der Waals surface area contributed by atoms with Crippen molar-refractivity contribution >= 4 is 11.7 Å². The van der Waals surface area contributed by atoms with Gasteiger partial charge < -0.3 is 9.64 Å². The molecule has 1 aromatic rings. The first kappa shape index (κ1) is 11.6. The molecule has 0 unspecified atom stereocenters. The van der Waals surface area contributed by atoms with Crippen molar-refractivity contribution in [3.8, 4) is 5.75 Å². The van der Waals surface area contributed by atoms with E-state index < -0.39 is 0 Å². The lowest BCUT2D eigenvalue weighted by Gasteiger charge is -2.14. The van der Waals surface area contributed by atoms with Crippen LogP contribution in [0.25, 0.3) is 0 Å². The minimum atomic E-state index is -0.0251. The van der Waals surface area contributed by atoms with Gasteiger partial charge >= 0.3 is 0 Å². The molecule has 1 fully saturated rings. The van der Waals surface area contributed by atoms with Crippen LogP contribution >= 0.6 is 0 Å². The smallest absolute Gasteiger partial charge is 0.223 e. The number of benzene rings is 1. The fourth-order valence-corrected chi connectivity index (χ4v) is 1.91. The second-order valence-electron chi connectivity index (χ2n) is 4.07. The van der Waals surface area contributed by atoms with Crippen molar-refractivity contribution in [1.82, 2.24) is 4.90 Å². The van der Waals surface area contributed by atoms with Gasteiger partial charge in [0.2, 0.25) is 5.91 Å². The molecule has 0 aliphatic carbocycles. The van der Waals surface area contributed by atoms with Crippen molar-refractivity contribution in [3.05, 3.63) is 29.8 Å². The molecule has 1 heterocycles. The molecule has 1 aromatic carbocycles. The molecule has 4 nitrogen and oxygen atoms in total. The van der Waals surface area contributed by atoms with Crippen molar-refractivity contribution in [1.29, 1.82) is 0 Å². The molecule has 0 bridgehead atoms. The van der Waals surface area contributed by atoms with Crippen molar-refractivity contribution in [3.63, 3.8) is 0 Å². The first-order valence-electron chi connectivity index (χ1n) is 5.66. The van der Waals surface area contributed by atoms with Crippen LogP contribution in [-0.2, 0) is 4.79 Å². The standard InChI is InChI=1S/C13H15NO3/c1-17-11-6-4-10(5-7-11)12(15)9-14-8-2-3-13(14)16/h4-7H,2-3,8-9H2,1H3. The van der Waals surface area contributed by atoms with Crippen LogP contribution in [0.2, 0.25) is 0 Å². The number of amides is 1. The average molecular weight is 233 g/mol. The molecule has 17 heavy (non-hydrogen) atoms. The van der Waals surface area contributed by atoms with Crippen LogP contribution in [0.5, 0.6) is 5.75 Å². The molecule has 0 atom stereocenters. The van der Waals surface area contributed by atoms with E-state index in [0.29, 0.717) is 18.5 Å². The normalized spacial score (nSPS) is 15.1. The van der Waals surface area contributed by atoms with E-state index in [0.717, 1.165) is 12.2 Å². The minimum absolute atomic E-state index is 0.0251. The molecule has 1 saturated heterocycles. The van der Waals surface area contributed by atoms with Crippen LogP contribution in [0, 0.1) is 0 Å².